The molecule has 1 saturated heterocycles. The second-order valence-corrected chi connectivity index (χ2v) is 18.1. The first-order valence-electron chi connectivity index (χ1n) is 28.1. The van der Waals surface area contributed by atoms with Gasteiger partial charge >= 0.3 is 23.9 Å². The summed E-state index contributed by atoms with van der Waals surface area (Å²) in [7, 11) is 0. The second kappa shape index (κ2) is 50.9. The molecular formula is C65H94O12. The van der Waals surface area contributed by atoms with E-state index in [-0.39, 0.29) is 25.9 Å². The van der Waals surface area contributed by atoms with Crippen molar-refractivity contribution in [1.29, 1.82) is 0 Å². The summed E-state index contributed by atoms with van der Waals surface area (Å²) in [6, 6.07) is 0. The summed E-state index contributed by atoms with van der Waals surface area (Å²) in [5.41, 5.74) is 0. The lowest BCUT2D eigenvalue weighted by Crippen LogP contribution is -2.61. The lowest BCUT2D eigenvalue weighted by molar-refractivity contribution is -0.301. The molecule has 0 amide bonds. The van der Waals surface area contributed by atoms with Crippen LogP contribution >= 0.6 is 0 Å². The van der Waals surface area contributed by atoms with Crippen LogP contribution in [-0.2, 0) is 42.9 Å². The predicted octanol–water partition coefficient (Wildman–Crippen LogP) is 14.3. The van der Waals surface area contributed by atoms with Crippen molar-refractivity contribution in [2.24, 2.45) is 0 Å². The zero-order valence-electron chi connectivity index (χ0n) is 46.6. The highest BCUT2D eigenvalue weighted by Gasteiger charge is 2.50. The molecule has 1 heterocycles. The van der Waals surface area contributed by atoms with Crippen LogP contribution in [0, 0.1) is 0 Å². The van der Waals surface area contributed by atoms with Gasteiger partial charge in [-0.25, -0.2) is 4.79 Å². The van der Waals surface area contributed by atoms with Crippen molar-refractivity contribution in [3.8, 4) is 0 Å². The molecular weight excluding hydrogens is 973 g/mol. The Hall–Kier alpha value is -5.92. The monoisotopic (exact) mass is 1070 g/mol. The maximum atomic E-state index is 13.1. The molecule has 0 aromatic rings. The third-order valence-corrected chi connectivity index (χ3v) is 11.3. The van der Waals surface area contributed by atoms with Gasteiger partial charge in [0, 0.05) is 19.3 Å². The maximum Gasteiger partial charge on any atom is 0.335 e. The minimum atomic E-state index is -1.95. The number of carbonyl (C=O) groups is 4. The van der Waals surface area contributed by atoms with Crippen molar-refractivity contribution >= 4 is 23.9 Å². The molecule has 1 rings (SSSR count). The number of carboxylic acid groups (broad SMARTS) is 1. The van der Waals surface area contributed by atoms with Gasteiger partial charge in [0.2, 0.25) is 0 Å². The Morgan fingerprint density at radius 2 is 0.792 bits per heavy atom. The van der Waals surface area contributed by atoms with Gasteiger partial charge in [0.25, 0.3) is 0 Å². The van der Waals surface area contributed by atoms with Crippen LogP contribution in [-0.4, -0.2) is 89.2 Å². The number of aliphatic hydroxyl groups is 2. The van der Waals surface area contributed by atoms with E-state index in [2.05, 4.69) is 154 Å². The van der Waals surface area contributed by atoms with Crippen LogP contribution in [0.5, 0.6) is 0 Å². The normalized spacial score (nSPS) is 19.3. The van der Waals surface area contributed by atoms with Crippen molar-refractivity contribution in [2.75, 3.05) is 13.2 Å². The molecule has 0 aliphatic carbocycles. The SMILES string of the molecule is CC/C=C\C/C=C\C/C=C\C/C=C\C/C=C\C/C=C\CCC(=O)OC1C(OCC(COC(=O)CCCC/C=C\C/C=C\C/C=C\C/C=C\CC)OC(=O)CC/C=C\C/C=C\C/C=C\C/C=C\CC)OC(C(=O)O)C(O)C1O. The van der Waals surface area contributed by atoms with Crippen LogP contribution in [0.1, 0.15) is 162 Å². The number of hydrogen-bond acceptors (Lipinski definition) is 11. The van der Waals surface area contributed by atoms with E-state index in [1.165, 1.54) is 0 Å². The minimum absolute atomic E-state index is 0.0128. The largest absolute Gasteiger partial charge is 0.479 e. The molecule has 77 heavy (non-hydrogen) atoms. The first-order chi connectivity index (χ1) is 37.6. The highest BCUT2D eigenvalue weighted by molar-refractivity contribution is 5.74. The number of aliphatic hydroxyl groups excluding tert-OH is 2. The molecule has 3 N–H and O–H groups in total. The zero-order valence-corrected chi connectivity index (χ0v) is 46.6. The van der Waals surface area contributed by atoms with Crippen LogP contribution in [0.25, 0.3) is 0 Å². The zero-order chi connectivity index (χ0) is 56.1. The lowest BCUT2D eigenvalue weighted by atomic mass is 9.98. The standard InChI is InChI=1S/C65H94O12/c1-4-7-10-13-16-19-22-25-27-28-29-30-32-35-38-41-44-47-50-53-59(68)76-63-61(70)60(69)62(64(71)72)77-65(63)74-55-56(75-58(67)52-49-46-43-40-37-33-24-21-18-15-12-9-6-3)54-73-57(66)51-48-45-42-39-36-34-31-26-23-20-17-14-11-8-5-2/h7-12,16-21,25-27,29-31,33,35-39,43-44,46-47,56,60-63,65,69-70H,4-6,13-15,22-24,28,32,34,40-42,45,48-55H2,1-3H3,(H,71,72)/b10-7-,11-8-,12-9-,19-16-,20-17-,21-18-,27-25-,30-29-,31-26-,37-33-,38-35-,39-36-,46-43-,47-44-. The number of carboxylic acids is 1. The Labute approximate surface area is 462 Å². The van der Waals surface area contributed by atoms with E-state index in [1.807, 2.05) is 36.5 Å². The third-order valence-electron chi connectivity index (χ3n) is 11.3. The molecule has 0 bridgehead atoms. The van der Waals surface area contributed by atoms with Crippen molar-refractivity contribution in [3.05, 3.63) is 170 Å². The number of esters is 3. The Morgan fingerprint density at radius 1 is 0.429 bits per heavy atom. The molecule has 12 heteroatoms. The van der Waals surface area contributed by atoms with Crippen LogP contribution in [0.15, 0.2) is 170 Å². The topological polar surface area (TPSA) is 175 Å². The summed E-state index contributed by atoms with van der Waals surface area (Å²) in [4.78, 5) is 51.0. The number of rotatable bonds is 44. The summed E-state index contributed by atoms with van der Waals surface area (Å²) in [5, 5.41) is 31.4. The molecule has 1 aliphatic rings. The summed E-state index contributed by atoms with van der Waals surface area (Å²) in [6.07, 6.45) is 63.6. The van der Waals surface area contributed by atoms with Crippen molar-refractivity contribution in [3.63, 3.8) is 0 Å². The van der Waals surface area contributed by atoms with Crippen LogP contribution in [0.3, 0.4) is 0 Å². The molecule has 0 aromatic heterocycles. The molecule has 6 atom stereocenters. The smallest absolute Gasteiger partial charge is 0.335 e. The predicted molar refractivity (Wildman–Crippen MR) is 312 cm³/mol. The summed E-state index contributed by atoms with van der Waals surface area (Å²) < 4.78 is 28.1. The fraction of sp³-hybridized carbons (Fsp3) is 0.508. The molecule has 6 unspecified atom stereocenters. The third kappa shape index (κ3) is 40.9. The Bertz CT molecular complexity index is 1990. The first-order valence-corrected chi connectivity index (χ1v) is 28.1. The van der Waals surface area contributed by atoms with Gasteiger partial charge < -0.3 is 39.0 Å². The number of aliphatic carboxylic acids is 1. The van der Waals surface area contributed by atoms with E-state index in [0.29, 0.717) is 32.1 Å². The highest BCUT2D eigenvalue weighted by Crippen LogP contribution is 2.26. The average Bonchev–Trinajstić information content (AvgIpc) is 3.42. The summed E-state index contributed by atoms with van der Waals surface area (Å²) in [6.45, 7) is 5.48. The summed E-state index contributed by atoms with van der Waals surface area (Å²) in [5.74, 6) is -3.44. The number of hydrogen-bond donors (Lipinski definition) is 3. The molecule has 0 saturated carbocycles. The fourth-order valence-electron chi connectivity index (χ4n) is 7.10. The van der Waals surface area contributed by atoms with E-state index in [4.69, 9.17) is 23.7 Å². The summed E-state index contributed by atoms with van der Waals surface area (Å²) >= 11 is 0. The fourth-order valence-corrected chi connectivity index (χ4v) is 7.10. The minimum Gasteiger partial charge on any atom is -0.479 e. The van der Waals surface area contributed by atoms with Crippen LogP contribution in [0.4, 0.5) is 0 Å². The molecule has 1 fully saturated rings. The van der Waals surface area contributed by atoms with Crippen LogP contribution < -0.4 is 0 Å². The van der Waals surface area contributed by atoms with Gasteiger partial charge in [-0.3, -0.25) is 14.4 Å². The first kappa shape index (κ1) is 69.1. The maximum absolute atomic E-state index is 13.1. The van der Waals surface area contributed by atoms with E-state index in [9.17, 15) is 34.5 Å². The number of unbranched alkanes of at least 4 members (excludes halogenated alkanes) is 2. The molecule has 0 radical (unpaired) electrons. The van der Waals surface area contributed by atoms with Gasteiger partial charge in [-0.2, -0.15) is 0 Å². The van der Waals surface area contributed by atoms with Crippen molar-refractivity contribution in [1.82, 2.24) is 0 Å². The van der Waals surface area contributed by atoms with Crippen LogP contribution in [0.2, 0.25) is 0 Å². The Balaban J connectivity index is 2.82. The second-order valence-electron chi connectivity index (χ2n) is 18.1. The van der Waals surface area contributed by atoms with Gasteiger partial charge in [0.05, 0.1) is 6.61 Å². The number of carbonyl (C=O) groups excluding carboxylic acids is 3. The molecule has 426 valence electrons. The Kier molecular flexibility index (Phi) is 45.6. The lowest BCUT2D eigenvalue weighted by Gasteiger charge is -2.40. The quantitative estimate of drug-likeness (QED) is 0.0228. The van der Waals surface area contributed by atoms with Crippen molar-refractivity contribution < 1.29 is 58.2 Å². The highest BCUT2D eigenvalue weighted by atomic mass is 16.7. The van der Waals surface area contributed by atoms with Gasteiger partial charge in [0.15, 0.2) is 24.6 Å². The van der Waals surface area contributed by atoms with E-state index >= 15 is 0 Å². The molecule has 0 spiro atoms. The van der Waals surface area contributed by atoms with E-state index < -0.39 is 67.3 Å². The number of ether oxygens (including phenoxy) is 5. The average molecular weight is 1070 g/mol. The van der Waals surface area contributed by atoms with Gasteiger partial charge in [0.1, 0.15) is 18.8 Å². The van der Waals surface area contributed by atoms with Gasteiger partial charge in [-0.1, -0.05) is 191 Å². The van der Waals surface area contributed by atoms with Gasteiger partial charge in [-0.15, -0.1) is 0 Å². The molecule has 0 aromatic carbocycles. The number of allylic oxidation sites excluding steroid dienone is 28. The van der Waals surface area contributed by atoms with E-state index in [0.717, 1.165) is 89.9 Å². The molecule has 12 nitrogen and oxygen atoms in total. The van der Waals surface area contributed by atoms with Crippen molar-refractivity contribution in [2.45, 2.75) is 199 Å². The van der Waals surface area contributed by atoms with E-state index in [1.54, 1.807) is 0 Å². The molecule has 1 aliphatic heterocycles. The van der Waals surface area contributed by atoms with Gasteiger partial charge in [-0.05, 0) is 122 Å². The Morgan fingerprint density at radius 3 is 1.18 bits per heavy atom.